The molecule has 0 bridgehead atoms. The molecule has 1 unspecified atom stereocenters. The maximum Gasteiger partial charge on any atom is 0.340 e. The van der Waals surface area contributed by atoms with E-state index >= 15 is 0 Å². The molecule has 1 N–H and O–H groups in total. The van der Waals surface area contributed by atoms with Gasteiger partial charge in [-0.15, -0.1) is 11.3 Å². The van der Waals surface area contributed by atoms with E-state index in [0.717, 1.165) is 0 Å². The zero-order valence-corrected chi connectivity index (χ0v) is 18.8. The number of thiophene rings is 1. The summed E-state index contributed by atoms with van der Waals surface area (Å²) in [4.78, 5) is 55.5. The molecule has 1 saturated heterocycles. The third-order valence-corrected chi connectivity index (χ3v) is 6.20. The minimum Gasteiger partial charge on any atom is -0.462 e. The maximum absolute atomic E-state index is 12.9. The highest BCUT2D eigenvalue weighted by atomic mass is 32.1. The monoisotopic (exact) mass is 446 g/mol. The molecule has 1 aliphatic rings. The van der Waals surface area contributed by atoms with Crippen molar-refractivity contribution < 1.29 is 28.7 Å². The summed E-state index contributed by atoms with van der Waals surface area (Å²) in [5, 5.41) is 1.81. The molecule has 166 valence electrons. The number of hydrogen-bond donors (Lipinski definition) is 1. The normalized spacial score (nSPS) is 16.8. The molecule has 0 aliphatic carbocycles. The number of ketones is 1. The smallest absolute Gasteiger partial charge is 0.340 e. The van der Waals surface area contributed by atoms with Crippen molar-refractivity contribution in [2.75, 3.05) is 13.2 Å². The molecule has 0 saturated carbocycles. The lowest BCUT2D eigenvalue weighted by Gasteiger charge is -2.24. The van der Waals surface area contributed by atoms with Crippen molar-refractivity contribution in [1.82, 2.24) is 9.88 Å². The molecule has 1 fully saturated rings. The third kappa shape index (κ3) is 4.56. The summed E-state index contributed by atoms with van der Waals surface area (Å²) in [6, 6.07) is 2.79. The number of aromatic amines is 1. The maximum atomic E-state index is 12.9. The summed E-state index contributed by atoms with van der Waals surface area (Å²) in [6.07, 6.45) is 0.111. The molecule has 3 rings (SSSR count). The molecular formula is C22H26N2O6S. The number of ether oxygens (including phenoxy) is 2. The largest absolute Gasteiger partial charge is 0.462 e. The minimum atomic E-state index is -1.07. The number of nitrogens with one attached hydrogen (secondary N) is 1. The van der Waals surface area contributed by atoms with Crippen LogP contribution in [-0.4, -0.2) is 58.8 Å². The first-order valence-electron chi connectivity index (χ1n) is 10.2. The number of carbonyl (C=O) groups is 4. The van der Waals surface area contributed by atoms with Crippen molar-refractivity contribution in [2.24, 2.45) is 0 Å². The van der Waals surface area contributed by atoms with Crippen LogP contribution in [-0.2, 0) is 14.3 Å². The Morgan fingerprint density at radius 3 is 2.68 bits per heavy atom. The van der Waals surface area contributed by atoms with Gasteiger partial charge in [0.2, 0.25) is 5.78 Å². The van der Waals surface area contributed by atoms with Crippen LogP contribution < -0.4 is 0 Å². The minimum absolute atomic E-state index is 0.205. The van der Waals surface area contributed by atoms with Gasteiger partial charge in [0.15, 0.2) is 6.10 Å². The van der Waals surface area contributed by atoms with Gasteiger partial charge in [-0.25, -0.2) is 9.59 Å². The Labute approximate surface area is 184 Å². The van der Waals surface area contributed by atoms with Gasteiger partial charge >= 0.3 is 11.9 Å². The van der Waals surface area contributed by atoms with Gasteiger partial charge in [0.05, 0.1) is 22.7 Å². The van der Waals surface area contributed by atoms with Crippen LogP contribution in [0.3, 0.4) is 0 Å². The molecule has 8 nitrogen and oxygen atoms in total. The molecule has 2 aromatic rings. The highest BCUT2D eigenvalue weighted by Gasteiger charge is 2.38. The quantitative estimate of drug-likeness (QED) is 0.517. The first kappa shape index (κ1) is 22.7. The van der Waals surface area contributed by atoms with Crippen LogP contribution in [0.4, 0.5) is 0 Å². The fourth-order valence-electron chi connectivity index (χ4n) is 3.81. The Morgan fingerprint density at radius 2 is 2.03 bits per heavy atom. The average Bonchev–Trinajstić information content (AvgIpc) is 3.47. The number of aryl methyl sites for hydroxylation is 1. The second kappa shape index (κ2) is 9.47. The summed E-state index contributed by atoms with van der Waals surface area (Å²) in [5.41, 5.74) is 1.49. The molecule has 0 spiro atoms. The van der Waals surface area contributed by atoms with E-state index in [4.69, 9.17) is 9.47 Å². The first-order chi connectivity index (χ1) is 14.8. The van der Waals surface area contributed by atoms with Crippen molar-refractivity contribution in [3.05, 3.63) is 44.9 Å². The molecule has 3 heterocycles. The van der Waals surface area contributed by atoms with Crippen LogP contribution in [0.25, 0.3) is 0 Å². The lowest BCUT2D eigenvalue weighted by Crippen LogP contribution is -2.42. The zero-order valence-electron chi connectivity index (χ0n) is 18.0. The van der Waals surface area contributed by atoms with Gasteiger partial charge in [-0.3, -0.25) is 9.59 Å². The third-order valence-electron chi connectivity index (χ3n) is 5.34. The highest BCUT2D eigenvalue weighted by Crippen LogP contribution is 2.25. The fourth-order valence-corrected chi connectivity index (χ4v) is 4.49. The van der Waals surface area contributed by atoms with Gasteiger partial charge in [-0.1, -0.05) is 6.07 Å². The highest BCUT2D eigenvalue weighted by molar-refractivity contribution is 7.12. The molecule has 0 aromatic carbocycles. The van der Waals surface area contributed by atoms with E-state index in [1.165, 1.54) is 23.2 Å². The summed E-state index contributed by atoms with van der Waals surface area (Å²) in [6.45, 7) is 7.22. The Hall–Kier alpha value is -2.94. The predicted octanol–water partition coefficient (Wildman–Crippen LogP) is 3.29. The van der Waals surface area contributed by atoms with E-state index in [2.05, 4.69) is 4.98 Å². The Kier molecular flexibility index (Phi) is 6.94. The second-order valence-electron chi connectivity index (χ2n) is 7.42. The van der Waals surface area contributed by atoms with Crippen LogP contribution in [0, 0.1) is 13.8 Å². The standard InChI is InChI=1S/C22H26N2O6S/c1-5-29-22(28)17-12(2)18(23-13(17)3)19(25)14(4)30-21(27)15-8-6-10-24(15)20(26)16-9-7-11-31-16/h7,9,11,14-15,23H,5-6,8,10H2,1-4H3/t14?,15-/m0/s1. The van der Waals surface area contributed by atoms with Gasteiger partial charge in [-0.2, -0.15) is 0 Å². The van der Waals surface area contributed by atoms with Crippen molar-refractivity contribution in [3.63, 3.8) is 0 Å². The predicted molar refractivity (Wildman–Crippen MR) is 114 cm³/mol. The second-order valence-corrected chi connectivity index (χ2v) is 8.37. The van der Waals surface area contributed by atoms with Crippen molar-refractivity contribution in [1.29, 1.82) is 0 Å². The molecule has 2 aromatic heterocycles. The summed E-state index contributed by atoms with van der Waals surface area (Å²) in [7, 11) is 0. The number of nitrogens with zero attached hydrogens (tertiary/aromatic N) is 1. The zero-order chi connectivity index (χ0) is 22.7. The molecule has 2 atom stereocenters. The molecular weight excluding hydrogens is 420 g/mol. The molecule has 1 amide bonds. The van der Waals surface area contributed by atoms with E-state index in [-0.39, 0.29) is 18.2 Å². The topological polar surface area (TPSA) is 106 Å². The van der Waals surface area contributed by atoms with Crippen LogP contribution >= 0.6 is 11.3 Å². The molecule has 0 radical (unpaired) electrons. The van der Waals surface area contributed by atoms with Crippen molar-refractivity contribution in [2.45, 2.75) is 52.7 Å². The number of H-pyrrole nitrogens is 1. The lowest BCUT2D eigenvalue weighted by atomic mass is 10.1. The van der Waals surface area contributed by atoms with Gasteiger partial charge in [0, 0.05) is 12.2 Å². The molecule has 31 heavy (non-hydrogen) atoms. The van der Waals surface area contributed by atoms with Crippen LogP contribution in [0.1, 0.15) is 68.5 Å². The van der Waals surface area contributed by atoms with Crippen molar-refractivity contribution >= 4 is 35.0 Å². The fraction of sp³-hybridized carbons (Fsp3) is 0.455. The van der Waals surface area contributed by atoms with Crippen LogP contribution in [0.2, 0.25) is 0 Å². The number of esters is 2. The van der Waals surface area contributed by atoms with E-state index in [0.29, 0.717) is 41.1 Å². The Balaban J connectivity index is 1.71. The number of carbonyl (C=O) groups excluding carboxylic acids is 4. The van der Waals surface area contributed by atoms with E-state index in [9.17, 15) is 19.2 Å². The van der Waals surface area contributed by atoms with Gasteiger partial charge < -0.3 is 19.4 Å². The number of amides is 1. The first-order valence-corrected chi connectivity index (χ1v) is 11.1. The number of likely N-dealkylation sites (tertiary alicyclic amines) is 1. The Morgan fingerprint density at radius 1 is 1.29 bits per heavy atom. The summed E-state index contributed by atoms with van der Waals surface area (Å²) < 4.78 is 10.5. The molecule has 1 aliphatic heterocycles. The average molecular weight is 447 g/mol. The number of Topliss-reactive ketones (excluding diaryl/α,β-unsaturated/α-hetero) is 1. The van der Waals surface area contributed by atoms with E-state index in [1.54, 1.807) is 32.9 Å². The summed E-state index contributed by atoms with van der Waals surface area (Å²) >= 11 is 1.32. The number of aromatic nitrogens is 1. The number of hydrogen-bond acceptors (Lipinski definition) is 7. The van der Waals surface area contributed by atoms with E-state index in [1.807, 2.05) is 5.38 Å². The number of rotatable bonds is 7. The van der Waals surface area contributed by atoms with Crippen molar-refractivity contribution in [3.8, 4) is 0 Å². The Bertz CT molecular complexity index is 994. The van der Waals surface area contributed by atoms with Gasteiger partial charge in [0.1, 0.15) is 6.04 Å². The molecule has 9 heteroatoms. The SMILES string of the molecule is CCOC(=O)c1c(C)[nH]c(C(=O)C(C)OC(=O)[C@@H]2CCCN2C(=O)c2cccs2)c1C. The van der Waals surface area contributed by atoms with Gasteiger partial charge in [-0.05, 0) is 57.5 Å². The summed E-state index contributed by atoms with van der Waals surface area (Å²) in [5.74, 6) is -1.76. The van der Waals surface area contributed by atoms with Crippen LogP contribution in [0.15, 0.2) is 17.5 Å². The van der Waals surface area contributed by atoms with Gasteiger partial charge in [0.25, 0.3) is 5.91 Å². The van der Waals surface area contributed by atoms with E-state index < -0.39 is 29.9 Å². The van der Waals surface area contributed by atoms with Crippen LogP contribution in [0.5, 0.6) is 0 Å². The lowest BCUT2D eigenvalue weighted by molar-refractivity contribution is -0.150.